The first kappa shape index (κ1) is 19.7. The summed E-state index contributed by atoms with van der Waals surface area (Å²) in [4.78, 5) is 14.5. The Morgan fingerprint density at radius 2 is 2.21 bits per heavy atom. The van der Waals surface area contributed by atoms with Crippen molar-refractivity contribution < 1.29 is 4.74 Å². The molecule has 0 bridgehead atoms. The van der Waals surface area contributed by atoms with Crippen molar-refractivity contribution in [3.63, 3.8) is 0 Å². The Kier molecular flexibility index (Phi) is 5.93. The van der Waals surface area contributed by atoms with Gasteiger partial charge in [0.2, 0.25) is 0 Å². The average molecular weight is 510 g/mol. The molecule has 9 heteroatoms. The van der Waals surface area contributed by atoms with Crippen molar-refractivity contribution in [2.24, 2.45) is 0 Å². The Morgan fingerprint density at radius 1 is 1.36 bits per heavy atom. The highest BCUT2D eigenvalue weighted by Crippen LogP contribution is 2.38. The first-order valence-corrected chi connectivity index (χ1v) is 11.3. The van der Waals surface area contributed by atoms with Crippen LogP contribution in [0, 0.1) is 3.57 Å². The highest BCUT2D eigenvalue weighted by molar-refractivity contribution is 14.1. The molecule has 0 saturated heterocycles. The molecule has 0 aliphatic carbocycles. The monoisotopic (exact) mass is 510 g/mol. The second kappa shape index (κ2) is 8.42. The van der Waals surface area contributed by atoms with Gasteiger partial charge in [-0.2, -0.15) is 0 Å². The van der Waals surface area contributed by atoms with Gasteiger partial charge in [0.25, 0.3) is 0 Å². The predicted octanol–water partition coefficient (Wildman–Crippen LogP) is 3.49. The Hall–Kier alpha value is -1.59. The zero-order valence-electron chi connectivity index (χ0n) is 15.9. The minimum absolute atomic E-state index is 0.419. The van der Waals surface area contributed by atoms with Crippen molar-refractivity contribution >= 4 is 51.3 Å². The Labute approximate surface area is 182 Å². The van der Waals surface area contributed by atoms with Crippen molar-refractivity contribution in [1.82, 2.24) is 24.8 Å². The molecule has 4 rings (SSSR count). The lowest BCUT2D eigenvalue weighted by Crippen LogP contribution is -2.24. The molecule has 0 spiro atoms. The number of benzene rings is 1. The van der Waals surface area contributed by atoms with Gasteiger partial charge in [-0.15, -0.1) is 0 Å². The second-order valence-electron chi connectivity index (χ2n) is 7.03. The predicted molar refractivity (Wildman–Crippen MR) is 120 cm³/mol. The largest absolute Gasteiger partial charge is 0.493 e. The van der Waals surface area contributed by atoms with Crippen LogP contribution in [-0.2, 0) is 13.0 Å². The molecule has 28 heavy (non-hydrogen) atoms. The fourth-order valence-electron chi connectivity index (χ4n) is 3.20. The van der Waals surface area contributed by atoms with E-state index in [0.717, 1.165) is 52.7 Å². The molecule has 1 aliphatic heterocycles. The second-order valence-corrected chi connectivity index (χ2v) is 9.20. The zero-order chi connectivity index (χ0) is 19.7. The molecule has 7 nitrogen and oxygen atoms in total. The molecule has 0 atom stereocenters. The average Bonchev–Trinajstić information content (AvgIpc) is 3.24. The fourth-order valence-corrected chi connectivity index (χ4v) is 4.94. The molecule has 3 heterocycles. The van der Waals surface area contributed by atoms with Crippen LogP contribution in [0.4, 0.5) is 5.82 Å². The molecule has 0 radical (unpaired) electrons. The molecule has 0 saturated carbocycles. The van der Waals surface area contributed by atoms with Crippen molar-refractivity contribution in [2.75, 3.05) is 18.9 Å². The summed E-state index contributed by atoms with van der Waals surface area (Å²) in [5, 5.41) is 4.35. The van der Waals surface area contributed by atoms with E-state index < -0.39 is 0 Å². The minimum Gasteiger partial charge on any atom is -0.493 e. The van der Waals surface area contributed by atoms with Crippen LogP contribution in [0.2, 0.25) is 0 Å². The molecule has 148 valence electrons. The summed E-state index contributed by atoms with van der Waals surface area (Å²) in [6.45, 7) is 6.82. The number of imidazole rings is 1. The maximum Gasteiger partial charge on any atom is 0.175 e. The van der Waals surface area contributed by atoms with Gasteiger partial charge in [-0.05, 0) is 53.3 Å². The Bertz CT molecular complexity index is 1010. The van der Waals surface area contributed by atoms with E-state index in [-0.39, 0.29) is 0 Å². The van der Waals surface area contributed by atoms with Gasteiger partial charge in [0.15, 0.2) is 22.1 Å². The van der Waals surface area contributed by atoms with Crippen molar-refractivity contribution in [1.29, 1.82) is 0 Å². The summed E-state index contributed by atoms with van der Waals surface area (Å²) >= 11 is 4.01. The van der Waals surface area contributed by atoms with Crippen molar-refractivity contribution in [3.8, 4) is 5.75 Å². The van der Waals surface area contributed by atoms with Crippen LogP contribution >= 0.6 is 34.4 Å². The molecule has 0 unspecified atom stereocenters. The van der Waals surface area contributed by atoms with Gasteiger partial charge >= 0.3 is 0 Å². The minimum atomic E-state index is 0.419. The van der Waals surface area contributed by atoms with Crippen LogP contribution in [0.3, 0.4) is 0 Å². The lowest BCUT2D eigenvalue weighted by atomic mass is 10.2. The number of rotatable bonds is 7. The number of nitrogen functional groups attached to an aromatic ring is 1. The SMILES string of the molecule is CC(C)NCCCn1c(Sc2cc3c(cc2I)OCC3)nc2c(N)ncnc21. The molecule has 1 aromatic carbocycles. The van der Waals surface area contributed by atoms with Crippen molar-refractivity contribution in [3.05, 3.63) is 27.6 Å². The standard InChI is InChI=1S/C19H23IN6OS/c1-11(2)22-5-3-6-26-18-16(17(21)23-10-24-18)25-19(26)28-15-8-12-4-7-27-14(12)9-13(15)20/h8-11,22H,3-7H2,1-2H3,(H2,21,23,24). The first-order valence-electron chi connectivity index (χ1n) is 9.36. The quantitative estimate of drug-likeness (QED) is 0.372. The molecular weight excluding hydrogens is 487 g/mol. The lowest BCUT2D eigenvalue weighted by Gasteiger charge is -2.11. The summed E-state index contributed by atoms with van der Waals surface area (Å²) in [5.41, 5.74) is 8.78. The van der Waals surface area contributed by atoms with Gasteiger partial charge in [-0.25, -0.2) is 15.0 Å². The number of nitrogens with two attached hydrogens (primary N) is 1. The van der Waals surface area contributed by atoms with E-state index in [0.29, 0.717) is 17.4 Å². The smallest absolute Gasteiger partial charge is 0.175 e. The maximum absolute atomic E-state index is 6.06. The van der Waals surface area contributed by atoms with Gasteiger partial charge in [0, 0.05) is 27.5 Å². The number of hydrogen-bond donors (Lipinski definition) is 2. The fraction of sp³-hybridized carbons (Fsp3) is 0.421. The van der Waals surface area contributed by atoms with E-state index in [1.54, 1.807) is 11.8 Å². The topological polar surface area (TPSA) is 90.9 Å². The Morgan fingerprint density at radius 3 is 3.04 bits per heavy atom. The third-order valence-corrected chi connectivity index (χ3v) is 6.89. The third-order valence-electron chi connectivity index (χ3n) is 4.58. The molecule has 1 aliphatic rings. The normalized spacial score (nSPS) is 13.3. The third kappa shape index (κ3) is 4.06. The van der Waals surface area contributed by atoms with E-state index in [1.807, 2.05) is 0 Å². The zero-order valence-corrected chi connectivity index (χ0v) is 18.9. The number of hydrogen-bond acceptors (Lipinski definition) is 7. The first-order chi connectivity index (χ1) is 13.5. The number of halogens is 1. The van der Waals surface area contributed by atoms with Crippen LogP contribution in [0.25, 0.3) is 11.2 Å². The number of nitrogens with one attached hydrogen (secondary N) is 1. The summed E-state index contributed by atoms with van der Waals surface area (Å²) < 4.78 is 8.99. The van der Waals surface area contributed by atoms with E-state index in [4.69, 9.17) is 15.5 Å². The molecule has 2 aromatic heterocycles. The van der Waals surface area contributed by atoms with E-state index >= 15 is 0 Å². The number of aromatic nitrogens is 4. The van der Waals surface area contributed by atoms with Crippen LogP contribution in [0.1, 0.15) is 25.8 Å². The van der Waals surface area contributed by atoms with E-state index in [2.05, 4.69) is 68.4 Å². The van der Waals surface area contributed by atoms with Gasteiger partial charge in [0.1, 0.15) is 12.1 Å². The number of fused-ring (bicyclic) bond motifs is 2. The van der Waals surface area contributed by atoms with E-state index in [1.165, 1.54) is 16.8 Å². The summed E-state index contributed by atoms with van der Waals surface area (Å²) in [7, 11) is 0. The highest BCUT2D eigenvalue weighted by atomic mass is 127. The van der Waals surface area contributed by atoms with Gasteiger partial charge in [-0.1, -0.05) is 25.6 Å². The molecule has 0 amide bonds. The lowest BCUT2D eigenvalue weighted by molar-refractivity contribution is 0.356. The summed E-state index contributed by atoms with van der Waals surface area (Å²) in [6, 6.07) is 4.80. The number of anilines is 1. The van der Waals surface area contributed by atoms with Gasteiger partial charge in [0.05, 0.1) is 6.61 Å². The Balaban J connectivity index is 1.66. The van der Waals surface area contributed by atoms with Crippen molar-refractivity contribution in [2.45, 2.75) is 49.3 Å². The number of aryl methyl sites for hydroxylation is 1. The summed E-state index contributed by atoms with van der Waals surface area (Å²) in [6.07, 6.45) is 3.44. The molecular formula is C19H23IN6OS. The maximum atomic E-state index is 6.06. The summed E-state index contributed by atoms with van der Waals surface area (Å²) in [5.74, 6) is 1.42. The van der Waals surface area contributed by atoms with Crippen LogP contribution in [0.15, 0.2) is 28.5 Å². The van der Waals surface area contributed by atoms with Gasteiger partial charge < -0.3 is 20.4 Å². The number of nitrogens with zero attached hydrogens (tertiary/aromatic N) is 4. The van der Waals surface area contributed by atoms with Crippen LogP contribution in [-0.4, -0.2) is 38.7 Å². The molecule has 0 fully saturated rings. The van der Waals surface area contributed by atoms with Crippen LogP contribution < -0.4 is 15.8 Å². The van der Waals surface area contributed by atoms with Gasteiger partial charge in [-0.3, -0.25) is 0 Å². The highest BCUT2D eigenvalue weighted by Gasteiger charge is 2.20. The van der Waals surface area contributed by atoms with E-state index in [9.17, 15) is 0 Å². The van der Waals surface area contributed by atoms with Crippen LogP contribution in [0.5, 0.6) is 5.75 Å². The number of ether oxygens (including phenoxy) is 1. The molecule has 3 N–H and O–H groups in total. The molecule has 3 aromatic rings.